The Balaban J connectivity index is 2.99. The van der Waals surface area contributed by atoms with E-state index in [9.17, 15) is 4.39 Å². The normalized spacial score (nSPS) is 8.86. The summed E-state index contributed by atoms with van der Waals surface area (Å²) in [5.74, 6) is 0.0295. The number of nitriles is 1. The number of ether oxygens (including phenoxy) is 1. The van der Waals surface area contributed by atoms with Crippen LogP contribution in [0.25, 0.3) is 0 Å². The topological polar surface area (TPSA) is 33.0 Å². The molecular weight excluding hydrogens is 181 g/mol. The lowest BCUT2D eigenvalue weighted by Gasteiger charge is -2.04. The van der Waals surface area contributed by atoms with Crippen molar-refractivity contribution in [3.8, 4) is 11.8 Å². The number of allylic oxidation sites excluding steroid dienone is 1. The number of nitrogens with zero attached hydrogens (tertiary/aromatic N) is 1. The Bertz CT molecular complexity index is 418. The van der Waals surface area contributed by atoms with Crippen molar-refractivity contribution in [2.45, 2.75) is 0 Å². The lowest BCUT2D eigenvalue weighted by molar-refractivity contribution is 0.442. The predicted molar refractivity (Wildman–Crippen MR) is 51.1 cm³/mol. The van der Waals surface area contributed by atoms with Crippen LogP contribution in [0, 0.1) is 17.1 Å². The predicted octanol–water partition coefficient (Wildman–Crippen LogP) is 2.78. The molecule has 0 radical (unpaired) electrons. The summed E-state index contributed by atoms with van der Waals surface area (Å²) in [4.78, 5) is 0. The molecule has 2 nitrogen and oxygen atoms in total. The van der Waals surface area contributed by atoms with Gasteiger partial charge >= 0.3 is 0 Å². The van der Waals surface area contributed by atoms with E-state index in [-0.39, 0.29) is 11.3 Å². The van der Waals surface area contributed by atoms with Crippen molar-refractivity contribution in [1.29, 1.82) is 5.26 Å². The SMILES string of the molecule is C=CC(=C)Oc1cc(F)cc(C#N)c1. The van der Waals surface area contributed by atoms with Crippen LogP contribution in [0.15, 0.2) is 43.2 Å². The number of rotatable bonds is 3. The summed E-state index contributed by atoms with van der Waals surface area (Å²) in [6.07, 6.45) is 1.40. The first-order chi connectivity index (χ1) is 6.65. The molecule has 0 saturated heterocycles. The van der Waals surface area contributed by atoms with Gasteiger partial charge in [-0.3, -0.25) is 0 Å². The van der Waals surface area contributed by atoms with Gasteiger partial charge in [-0.2, -0.15) is 5.26 Å². The molecule has 0 aliphatic carbocycles. The van der Waals surface area contributed by atoms with Crippen molar-refractivity contribution >= 4 is 0 Å². The van der Waals surface area contributed by atoms with Crippen LogP contribution < -0.4 is 4.74 Å². The van der Waals surface area contributed by atoms with Gasteiger partial charge < -0.3 is 4.74 Å². The lowest BCUT2D eigenvalue weighted by Crippen LogP contribution is -1.91. The summed E-state index contributed by atoms with van der Waals surface area (Å²) in [5, 5.41) is 8.56. The third-order valence-electron chi connectivity index (χ3n) is 1.48. The van der Waals surface area contributed by atoms with Gasteiger partial charge in [0.2, 0.25) is 0 Å². The maximum Gasteiger partial charge on any atom is 0.131 e. The molecule has 0 unspecified atom stereocenters. The fourth-order valence-electron chi connectivity index (χ4n) is 0.879. The molecule has 0 heterocycles. The zero-order valence-electron chi connectivity index (χ0n) is 7.46. The highest BCUT2D eigenvalue weighted by molar-refractivity contribution is 5.38. The Labute approximate surface area is 81.5 Å². The molecule has 70 valence electrons. The minimum Gasteiger partial charge on any atom is -0.458 e. The van der Waals surface area contributed by atoms with Crippen LogP contribution in [0.2, 0.25) is 0 Å². The van der Waals surface area contributed by atoms with E-state index in [0.717, 1.165) is 6.07 Å². The van der Waals surface area contributed by atoms with Gasteiger partial charge in [0.1, 0.15) is 17.3 Å². The molecule has 1 aromatic rings. The first-order valence-electron chi connectivity index (χ1n) is 3.85. The second kappa shape index (κ2) is 4.24. The minimum atomic E-state index is -0.518. The van der Waals surface area contributed by atoms with Gasteiger partial charge in [0.15, 0.2) is 0 Å². The number of hydrogen-bond donors (Lipinski definition) is 0. The third kappa shape index (κ3) is 2.46. The van der Waals surface area contributed by atoms with Crippen LogP contribution in [0.4, 0.5) is 4.39 Å². The van der Waals surface area contributed by atoms with Crippen LogP contribution in [0.3, 0.4) is 0 Å². The van der Waals surface area contributed by atoms with E-state index < -0.39 is 5.82 Å². The zero-order valence-corrected chi connectivity index (χ0v) is 7.46. The Morgan fingerprint density at radius 1 is 1.50 bits per heavy atom. The molecule has 1 rings (SSSR count). The number of halogens is 1. The molecule has 0 atom stereocenters. The lowest BCUT2D eigenvalue weighted by atomic mass is 10.2. The number of benzene rings is 1. The van der Waals surface area contributed by atoms with Crippen LogP contribution >= 0.6 is 0 Å². The maximum absolute atomic E-state index is 12.9. The fraction of sp³-hybridized carbons (Fsp3) is 0. The van der Waals surface area contributed by atoms with Gasteiger partial charge in [-0.15, -0.1) is 0 Å². The summed E-state index contributed by atoms with van der Waals surface area (Å²) in [6, 6.07) is 5.56. The van der Waals surface area contributed by atoms with Crippen molar-refractivity contribution in [2.24, 2.45) is 0 Å². The van der Waals surface area contributed by atoms with Crippen LogP contribution in [-0.4, -0.2) is 0 Å². The summed E-state index contributed by atoms with van der Waals surface area (Å²) in [5.41, 5.74) is 0.205. The number of hydrogen-bond acceptors (Lipinski definition) is 2. The first-order valence-corrected chi connectivity index (χ1v) is 3.85. The van der Waals surface area contributed by atoms with E-state index in [1.54, 1.807) is 0 Å². The minimum absolute atomic E-state index is 0.205. The highest BCUT2D eigenvalue weighted by Crippen LogP contribution is 2.17. The summed E-state index contributed by atoms with van der Waals surface area (Å²) < 4.78 is 18.0. The second-order valence-corrected chi connectivity index (χ2v) is 2.56. The van der Waals surface area contributed by atoms with Gasteiger partial charge in [-0.05, 0) is 18.2 Å². The van der Waals surface area contributed by atoms with Gasteiger partial charge in [0.05, 0.1) is 11.6 Å². The molecule has 0 aliphatic heterocycles. The Morgan fingerprint density at radius 3 is 2.79 bits per heavy atom. The highest BCUT2D eigenvalue weighted by Gasteiger charge is 2.01. The van der Waals surface area contributed by atoms with E-state index in [0.29, 0.717) is 5.76 Å². The van der Waals surface area contributed by atoms with E-state index in [1.165, 1.54) is 18.2 Å². The van der Waals surface area contributed by atoms with E-state index >= 15 is 0 Å². The Kier molecular flexibility index (Phi) is 3.03. The Hall–Kier alpha value is -2.08. The summed E-state index contributed by atoms with van der Waals surface area (Å²) >= 11 is 0. The van der Waals surface area contributed by atoms with E-state index in [1.807, 2.05) is 6.07 Å². The standard InChI is InChI=1S/C11H8FNO/c1-3-8(2)14-11-5-9(7-13)4-10(12)6-11/h3-6H,1-2H2. The van der Waals surface area contributed by atoms with Gasteiger partial charge in [-0.25, -0.2) is 4.39 Å². The average molecular weight is 189 g/mol. The highest BCUT2D eigenvalue weighted by atomic mass is 19.1. The molecule has 0 N–H and O–H groups in total. The van der Waals surface area contributed by atoms with Crippen LogP contribution in [0.5, 0.6) is 5.75 Å². The molecule has 0 amide bonds. The van der Waals surface area contributed by atoms with Crippen molar-refractivity contribution in [3.05, 3.63) is 54.6 Å². The molecular formula is C11H8FNO. The average Bonchev–Trinajstić information content (AvgIpc) is 2.16. The zero-order chi connectivity index (χ0) is 10.6. The van der Waals surface area contributed by atoms with E-state index in [4.69, 9.17) is 10.00 Å². The molecule has 0 bridgehead atoms. The van der Waals surface area contributed by atoms with Crippen molar-refractivity contribution in [2.75, 3.05) is 0 Å². The molecule has 14 heavy (non-hydrogen) atoms. The second-order valence-electron chi connectivity index (χ2n) is 2.56. The van der Waals surface area contributed by atoms with Gasteiger partial charge in [0, 0.05) is 6.07 Å². The Morgan fingerprint density at radius 2 is 2.21 bits per heavy atom. The largest absolute Gasteiger partial charge is 0.458 e. The third-order valence-corrected chi connectivity index (χ3v) is 1.48. The van der Waals surface area contributed by atoms with Crippen molar-refractivity contribution < 1.29 is 9.13 Å². The molecule has 0 aliphatic rings. The maximum atomic E-state index is 12.9. The van der Waals surface area contributed by atoms with Gasteiger partial charge in [0.25, 0.3) is 0 Å². The van der Waals surface area contributed by atoms with Gasteiger partial charge in [-0.1, -0.05) is 13.2 Å². The fourth-order valence-corrected chi connectivity index (χ4v) is 0.879. The van der Waals surface area contributed by atoms with Crippen LogP contribution in [0.1, 0.15) is 5.56 Å². The smallest absolute Gasteiger partial charge is 0.131 e. The summed E-state index contributed by atoms with van der Waals surface area (Å²) in [6.45, 7) is 6.95. The first kappa shape index (κ1) is 10.0. The molecule has 0 spiro atoms. The van der Waals surface area contributed by atoms with Crippen LogP contribution in [-0.2, 0) is 0 Å². The molecule has 0 fully saturated rings. The molecule has 0 saturated carbocycles. The van der Waals surface area contributed by atoms with Crippen molar-refractivity contribution in [1.82, 2.24) is 0 Å². The summed E-state index contributed by atoms with van der Waals surface area (Å²) in [7, 11) is 0. The van der Waals surface area contributed by atoms with E-state index in [2.05, 4.69) is 13.2 Å². The quantitative estimate of drug-likeness (QED) is 0.541. The molecule has 0 aromatic heterocycles. The monoisotopic (exact) mass is 189 g/mol. The van der Waals surface area contributed by atoms with Crippen molar-refractivity contribution in [3.63, 3.8) is 0 Å². The molecule has 1 aromatic carbocycles. The molecule has 3 heteroatoms.